The summed E-state index contributed by atoms with van der Waals surface area (Å²) in [6.07, 6.45) is 0.539. The summed E-state index contributed by atoms with van der Waals surface area (Å²) in [6.45, 7) is 10.7. The summed E-state index contributed by atoms with van der Waals surface area (Å²) in [5, 5.41) is 3.53. The van der Waals surface area contributed by atoms with E-state index in [1.165, 1.54) is 16.2 Å². The van der Waals surface area contributed by atoms with Gasteiger partial charge in [0.15, 0.2) is 5.13 Å². The van der Waals surface area contributed by atoms with E-state index >= 15 is 0 Å². The Kier molecular flexibility index (Phi) is 4.79. The van der Waals surface area contributed by atoms with Gasteiger partial charge in [0.2, 0.25) is 5.91 Å². The first-order chi connectivity index (χ1) is 11.7. The number of carbonyl (C=O) groups is 1. The maximum atomic E-state index is 12.8. The van der Waals surface area contributed by atoms with Crippen LogP contribution in [0.3, 0.4) is 0 Å². The zero-order valence-corrected chi connectivity index (χ0v) is 16.9. The molecule has 1 saturated carbocycles. The molecule has 0 saturated heterocycles. The van der Waals surface area contributed by atoms with Crippen LogP contribution in [0.1, 0.15) is 36.9 Å². The van der Waals surface area contributed by atoms with Gasteiger partial charge >= 0.3 is 0 Å². The van der Waals surface area contributed by atoms with Crippen molar-refractivity contribution in [3.8, 4) is 10.6 Å². The third-order valence-corrected chi connectivity index (χ3v) is 7.12. The Hall–Kier alpha value is -1.28. The molecular weight excluding hydrogens is 354 g/mol. The molecule has 7 heteroatoms. The van der Waals surface area contributed by atoms with Gasteiger partial charge in [-0.05, 0) is 32.9 Å². The summed E-state index contributed by atoms with van der Waals surface area (Å²) in [7, 11) is 0. The van der Waals surface area contributed by atoms with Gasteiger partial charge in [-0.2, -0.15) is 0 Å². The topological polar surface area (TPSA) is 77.2 Å². The van der Waals surface area contributed by atoms with E-state index in [0.717, 1.165) is 15.4 Å². The number of nitrogens with one attached hydrogen (secondary N) is 1. The summed E-state index contributed by atoms with van der Waals surface area (Å²) in [6, 6.07) is 4.15. The molecule has 0 bridgehead atoms. The molecule has 0 radical (unpaired) electrons. The number of amides is 1. The van der Waals surface area contributed by atoms with Crippen molar-refractivity contribution >= 4 is 33.7 Å². The molecule has 25 heavy (non-hydrogen) atoms. The van der Waals surface area contributed by atoms with Crippen molar-refractivity contribution in [2.24, 2.45) is 11.1 Å². The highest BCUT2D eigenvalue weighted by Crippen LogP contribution is 2.50. The molecule has 0 spiro atoms. The first-order valence-electron chi connectivity index (χ1n) is 8.45. The molecule has 1 aliphatic carbocycles. The number of rotatable bonds is 5. The van der Waals surface area contributed by atoms with E-state index in [2.05, 4.69) is 29.4 Å². The lowest BCUT2D eigenvalue weighted by Gasteiger charge is -2.57. The van der Waals surface area contributed by atoms with Gasteiger partial charge in [0.05, 0.1) is 16.7 Å². The van der Waals surface area contributed by atoms with E-state index in [1.54, 1.807) is 11.3 Å². The van der Waals surface area contributed by atoms with Crippen LogP contribution in [0, 0.1) is 19.3 Å². The van der Waals surface area contributed by atoms with Crippen LogP contribution < -0.4 is 11.1 Å². The second-order valence-electron chi connectivity index (χ2n) is 7.13. The average molecular weight is 380 g/mol. The summed E-state index contributed by atoms with van der Waals surface area (Å²) in [4.78, 5) is 20.9. The molecule has 3 rings (SSSR count). The van der Waals surface area contributed by atoms with Crippen molar-refractivity contribution in [2.45, 2.75) is 52.7 Å². The minimum atomic E-state index is -0.938. The van der Waals surface area contributed by atoms with Gasteiger partial charge in [-0.1, -0.05) is 13.8 Å². The molecule has 1 aliphatic rings. The smallest absolute Gasteiger partial charge is 0.246 e. The fourth-order valence-electron chi connectivity index (χ4n) is 3.27. The van der Waals surface area contributed by atoms with E-state index < -0.39 is 11.0 Å². The quantitative estimate of drug-likeness (QED) is 0.824. The number of ether oxygens (including phenoxy) is 1. The van der Waals surface area contributed by atoms with Crippen LogP contribution in [-0.4, -0.2) is 29.1 Å². The minimum Gasteiger partial charge on any atom is -0.378 e. The van der Waals surface area contributed by atoms with Crippen molar-refractivity contribution in [1.29, 1.82) is 0 Å². The third-order valence-electron chi connectivity index (χ3n) is 5.23. The fourth-order valence-corrected chi connectivity index (χ4v) is 5.07. The predicted octanol–water partition coefficient (Wildman–Crippen LogP) is 3.96. The van der Waals surface area contributed by atoms with Crippen LogP contribution in [0.15, 0.2) is 12.1 Å². The van der Waals surface area contributed by atoms with Gasteiger partial charge in [0, 0.05) is 28.2 Å². The van der Waals surface area contributed by atoms with Gasteiger partial charge in [-0.25, -0.2) is 4.98 Å². The van der Waals surface area contributed by atoms with Gasteiger partial charge < -0.3 is 15.8 Å². The Labute approximate surface area is 156 Å². The van der Waals surface area contributed by atoms with Crippen molar-refractivity contribution in [3.63, 3.8) is 0 Å². The zero-order valence-electron chi connectivity index (χ0n) is 15.3. The van der Waals surface area contributed by atoms with Crippen LogP contribution in [-0.2, 0) is 9.53 Å². The molecule has 2 atom stereocenters. The largest absolute Gasteiger partial charge is 0.378 e. The SMILES string of the molecule is CCOC1CC(N)(C(=O)Nc2nc(-c3ccc(C)s3)c(C)s2)C1(C)C. The predicted molar refractivity (Wildman–Crippen MR) is 104 cm³/mol. The lowest BCUT2D eigenvalue weighted by atomic mass is 9.54. The molecule has 2 aromatic heterocycles. The fraction of sp³-hybridized carbons (Fsp3) is 0.556. The number of nitrogens with two attached hydrogens (primary N) is 1. The van der Waals surface area contributed by atoms with E-state index in [0.29, 0.717) is 18.2 Å². The molecule has 0 aromatic carbocycles. The highest BCUT2D eigenvalue weighted by atomic mass is 32.1. The summed E-state index contributed by atoms with van der Waals surface area (Å²) in [5.41, 5.74) is 6.03. The van der Waals surface area contributed by atoms with Gasteiger partial charge in [-0.15, -0.1) is 22.7 Å². The highest BCUT2D eigenvalue weighted by molar-refractivity contribution is 7.18. The van der Waals surface area contributed by atoms with Gasteiger partial charge in [-0.3, -0.25) is 4.79 Å². The number of aryl methyl sites for hydroxylation is 2. The molecule has 5 nitrogen and oxygen atoms in total. The number of anilines is 1. The zero-order chi connectivity index (χ0) is 18.4. The Morgan fingerprint density at radius 2 is 2.12 bits per heavy atom. The van der Waals surface area contributed by atoms with Crippen molar-refractivity contribution in [2.75, 3.05) is 11.9 Å². The Balaban J connectivity index is 1.76. The molecule has 2 unspecified atom stereocenters. The Morgan fingerprint density at radius 1 is 1.40 bits per heavy atom. The summed E-state index contributed by atoms with van der Waals surface area (Å²) in [5.74, 6) is -0.184. The van der Waals surface area contributed by atoms with E-state index in [9.17, 15) is 4.79 Å². The number of thiazole rings is 1. The second kappa shape index (κ2) is 6.46. The van der Waals surface area contributed by atoms with E-state index in [4.69, 9.17) is 10.5 Å². The van der Waals surface area contributed by atoms with Crippen molar-refractivity contribution in [1.82, 2.24) is 4.98 Å². The molecule has 136 valence electrons. The maximum absolute atomic E-state index is 12.8. The van der Waals surface area contributed by atoms with E-state index in [1.807, 2.05) is 27.7 Å². The second-order valence-corrected chi connectivity index (χ2v) is 9.62. The van der Waals surface area contributed by atoms with Crippen LogP contribution >= 0.6 is 22.7 Å². The first kappa shape index (κ1) is 18.5. The van der Waals surface area contributed by atoms with Crippen LogP contribution in [0.2, 0.25) is 0 Å². The Morgan fingerprint density at radius 3 is 2.68 bits per heavy atom. The summed E-state index contributed by atoms with van der Waals surface area (Å²) < 4.78 is 5.70. The monoisotopic (exact) mass is 379 g/mol. The molecule has 1 fully saturated rings. The molecule has 2 aromatic rings. The molecule has 2 heterocycles. The third kappa shape index (κ3) is 3.03. The molecule has 0 aliphatic heterocycles. The maximum Gasteiger partial charge on any atom is 0.246 e. The lowest BCUT2D eigenvalue weighted by Crippen LogP contribution is -2.74. The Bertz CT molecular complexity index is 796. The van der Waals surface area contributed by atoms with Gasteiger partial charge in [0.25, 0.3) is 0 Å². The van der Waals surface area contributed by atoms with Gasteiger partial charge in [0.1, 0.15) is 5.54 Å². The number of thiophene rings is 1. The average Bonchev–Trinajstić information content (AvgIpc) is 3.12. The number of hydrogen-bond donors (Lipinski definition) is 2. The van der Waals surface area contributed by atoms with Crippen molar-refractivity contribution < 1.29 is 9.53 Å². The lowest BCUT2D eigenvalue weighted by molar-refractivity contribution is -0.166. The minimum absolute atomic E-state index is 0.0101. The number of aromatic nitrogens is 1. The van der Waals surface area contributed by atoms with E-state index in [-0.39, 0.29) is 12.0 Å². The number of carbonyl (C=O) groups excluding carboxylic acids is 1. The van der Waals surface area contributed by atoms with Crippen LogP contribution in [0.5, 0.6) is 0 Å². The van der Waals surface area contributed by atoms with Crippen LogP contribution in [0.4, 0.5) is 5.13 Å². The molecule has 3 N–H and O–H groups in total. The van der Waals surface area contributed by atoms with Crippen LogP contribution in [0.25, 0.3) is 10.6 Å². The number of hydrogen-bond acceptors (Lipinski definition) is 6. The normalized spacial score (nSPS) is 24.8. The van der Waals surface area contributed by atoms with Crippen molar-refractivity contribution in [3.05, 3.63) is 21.9 Å². The highest BCUT2D eigenvalue weighted by Gasteiger charge is 2.63. The number of nitrogens with zero attached hydrogens (tertiary/aromatic N) is 1. The molecular formula is C18H25N3O2S2. The summed E-state index contributed by atoms with van der Waals surface area (Å²) >= 11 is 3.19. The first-order valence-corrected chi connectivity index (χ1v) is 10.1. The molecule has 1 amide bonds. The standard InChI is InChI=1S/C18H25N3O2S2/c1-6-23-13-9-18(19,17(13,4)5)15(22)21-16-20-14(11(3)25-16)12-8-7-10(2)24-12/h7-8,13H,6,9,19H2,1-5H3,(H,20,21,22).